The lowest BCUT2D eigenvalue weighted by Crippen LogP contribution is -2.43. The number of rotatable bonds is 7. The van der Waals surface area contributed by atoms with Crippen LogP contribution in [0.1, 0.15) is 6.92 Å². The topological polar surface area (TPSA) is 128 Å². The smallest absolute Gasteiger partial charge is 0.329 e. The minimum Gasteiger partial charge on any atom is -0.493 e. The molecule has 0 radical (unpaired) electrons. The summed E-state index contributed by atoms with van der Waals surface area (Å²) in [5.41, 5.74) is -0.184. The van der Waals surface area contributed by atoms with Crippen LogP contribution < -0.4 is 14.8 Å². The lowest BCUT2D eigenvalue weighted by molar-refractivity contribution is -0.385. The number of non-ortho nitro benzene ring substituents is 1. The lowest BCUT2D eigenvalue weighted by atomic mass is 10.2. The molecular weight excluding hydrogens is 284 g/mol. The van der Waals surface area contributed by atoms with Crippen molar-refractivity contribution in [3.8, 4) is 11.5 Å². The van der Waals surface area contributed by atoms with Gasteiger partial charge in [-0.05, 0) is 6.07 Å². The summed E-state index contributed by atoms with van der Waals surface area (Å²) in [5.74, 6) is -1.54. The molecule has 1 aromatic rings. The van der Waals surface area contributed by atoms with E-state index in [9.17, 15) is 19.7 Å². The average Bonchev–Trinajstić information content (AvgIpc) is 2.42. The zero-order valence-corrected chi connectivity index (χ0v) is 11.4. The lowest BCUT2D eigenvalue weighted by Gasteiger charge is -2.15. The Labute approximate surface area is 119 Å². The average molecular weight is 298 g/mol. The summed E-state index contributed by atoms with van der Waals surface area (Å²) in [4.78, 5) is 31.9. The second-order valence-corrected chi connectivity index (χ2v) is 3.99. The molecule has 1 rings (SSSR count). The molecule has 9 nitrogen and oxygen atoms in total. The van der Waals surface area contributed by atoms with Crippen LogP contribution in [-0.4, -0.2) is 41.7 Å². The molecule has 1 atom stereocenters. The highest BCUT2D eigenvalue weighted by molar-refractivity contribution is 5.82. The van der Waals surface area contributed by atoms with Crippen molar-refractivity contribution in [2.45, 2.75) is 13.0 Å². The zero-order chi connectivity index (χ0) is 16.0. The van der Waals surface area contributed by atoms with E-state index in [0.29, 0.717) is 0 Å². The van der Waals surface area contributed by atoms with Crippen molar-refractivity contribution < 1.29 is 29.1 Å². The quantitative estimate of drug-likeness (QED) is 0.556. The SMILES string of the molecule is COc1cc([N+](=O)[O-])ccc1OCC(NC(C)=O)C(=O)O. The van der Waals surface area contributed by atoms with Crippen LogP contribution in [0.3, 0.4) is 0 Å². The Morgan fingerprint density at radius 3 is 2.57 bits per heavy atom. The number of carboxylic acids is 1. The molecule has 0 fully saturated rings. The standard InChI is InChI=1S/C12H14N2O7/c1-7(15)13-9(12(16)17)6-21-10-4-3-8(14(18)19)5-11(10)20-2/h3-5,9H,6H2,1-2H3,(H,13,15)(H,16,17). The number of carbonyl (C=O) groups excluding carboxylic acids is 1. The Morgan fingerprint density at radius 1 is 1.43 bits per heavy atom. The number of benzene rings is 1. The van der Waals surface area contributed by atoms with Crippen molar-refractivity contribution in [2.75, 3.05) is 13.7 Å². The van der Waals surface area contributed by atoms with Gasteiger partial charge in [0.1, 0.15) is 6.61 Å². The van der Waals surface area contributed by atoms with E-state index >= 15 is 0 Å². The van der Waals surface area contributed by atoms with Gasteiger partial charge in [0, 0.05) is 13.0 Å². The van der Waals surface area contributed by atoms with Gasteiger partial charge in [0.2, 0.25) is 5.91 Å². The normalized spacial score (nSPS) is 11.3. The number of nitro benzene ring substituents is 1. The van der Waals surface area contributed by atoms with Gasteiger partial charge in [-0.1, -0.05) is 0 Å². The summed E-state index contributed by atoms with van der Waals surface area (Å²) in [7, 11) is 1.30. The third-order valence-electron chi connectivity index (χ3n) is 2.44. The Kier molecular flexibility index (Phi) is 5.47. The fraction of sp³-hybridized carbons (Fsp3) is 0.333. The van der Waals surface area contributed by atoms with Crippen LogP contribution in [-0.2, 0) is 9.59 Å². The van der Waals surface area contributed by atoms with E-state index in [1.54, 1.807) is 0 Å². The largest absolute Gasteiger partial charge is 0.493 e. The van der Waals surface area contributed by atoms with Crippen LogP contribution >= 0.6 is 0 Å². The van der Waals surface area contributed by atoms with Crippen molar-refractivity contribution in [3.63, 3.8) is 0 Å². The number of nitrogens with zero attached hydrogens (tertiary/aromatic N) is 1. The van der Waals surface area contributed by atoms with Crippen molar-refractivity contribution in [2.24, 2.45) is 0 Å². The predicted molar refractivity (Wildman–Crippen MR) is 70.4 cm³/mol. The summed E-state index contributed by atoms with van der Waals surface area (Å²) in [6, 6.07) is 2.42. The van der Waals surface area contributed by atoms with Gasteiger partial charge in [0.05, 0.1) is 18.1 Å². The maximum atomic E-state index is 10.9. The number of carboxylic acid groups (broad SMARTS) is 1. The summed E-state index contributed by atoms with van der Waals surface area (Å²) in [5, 5.41) is 21.8. The van der Waals surface area contributed by atoms with Crippen molar-refractivity contribution in [3.05, 3.63) is 28.3 Å². The van der Waals surface area contributed by atoms with E-state index < -0.39 is 22.8 Å². The highest BCUT2D eigenvalue weighted by Crippen LogP contribution is 2.31. The minimum atomic E-state index is -1.26. The van der Waals surface area contributed by atoms with Gasteiger partial charge in [-0.2, -0.15) is 0 Å². The molecule has 0 aromatic heterocycles. The van der Waals surface area contributed by atoms with Gasteiger partial charge in [0.15, 0.2) is 17.5 Å². The number of hydrogen-bond donors (Lipinski definition) is 2. The monoisotopic (exact) mass is 298 g/mol. The van der Waals surface area contributed by atoms with Crippen LogP contribution in [0.15, 0.2) is 18.2 Å². The minimum absolute atomic E-state index is 0.0937. The fourth-order valence-corrected chi connectivity index (χ4v) is 1.48. The number of nitro groups is 1. The second kappa shape index (κ2) is 7.08. The van der Waals surface area contributed by atoms with Crippen molar-refractivity contribution >= 4 is 17.6 Å². The number of aliphatic carboxylic acids is 1. The van der Waals surface area contributed by atoms with E-state index in [4.69, 9.17) is 14.6 Å². The molecule has 0 bridgehead atoms. The molecule has 0 saturated carbocycles. The first-order valence-electron chi connectivity index (χ1n) is 5.80. The molecule has 0 aliphatic heterocycles. The first kappa shape index (κ1) is 16.2. The molecule has 114 valence electrons. The first-order chi connectivity index (χ1) is 9.85. The predicted octanol–water partition coefficient (Wildman–Crippen LogP) is 0.571. The van der Waals surface area contributed by atoms with E-state index in [1.807, 2.05) is 0 Å². The molecule has 0 spiro atoms. The molecule has 0 saturated heterocycles. The summed E-state index contributed by atoms with van der Waals surface area (Å²) in [6.07, 6.45) is 0. The Hall–Kier alpha value is -2.84. The summed E-state index contributed by atoms with van der Waals surface area (Å²) in [6.45, 7) is 0.839. The first-order valence-corrected chi connectivity index (χ1v) is 5.80. The molecule has 1 unspecified atom stereocenters. The van der Waals surface area contributed by atoms with Crippen LogP contribution in [0, 0.1) is 10.1 Å². The Balaban J connectivity index is 2.84. The molecule has 1 aromatic carbocycles. The Morgan fingerprint density at radius 2 is 2.10 bits per heavy atom. The van der Waals surface area contributed by atoms with Gasteiger partial charge in [-0.3, -0.25) is 14.9 Å². The van der Waals surface area contributed by atoms with Crippen molar-refractivity contribution in [1.29, 1.82) is 0 Å². The number of nitrogens with one attached hydrogen (secondary N) is 1. The van der Waals surface area contributed by atoms with Crippen LogP contribution in [0.2, 0.25) is 0 Å². The van der Waals surface area contributed by atoms with E-state index in [0.717, 1.165) is 6.07 Å². The fourth-order valence-electron chi connectivity index (χ4n) is 1.48. The number of hydrogen-bond acceptors (Lipinski definition) is 6. The molecule has 0 aliphatic rings. The molecule has 0 heterocycles. The summed E-state index contributed by atoms with van der Waals surface area (Å²) < 4.78 is 10.2. The third kappa shape index (κ3) is 4.64. The van der Waals surface area contributed by atoms with Crippen LogP contribution in [0.4, 0.5) is 5.69 Å². The number of carbonyl (C=O) groups is 2. The second-order valence-electron chi connectivity index (χ2n) is 3.99. The number of amides is 1. The van der Waals surface area contributed by atoms with Gasteiger partial charge in [0.25, 0.3) is 5.69 Å². The molecular formula is C12H14N2O7. The maximum Gasteiger partial charge on any atom is 0.329 e. The van der Waals surface area contributed by atoms with E-state index in [-0.39, 0.29) is 23.8 Å². The molecule has 1 amide bonds. The van der Waals surface area contributed by atoms with Gasteiger partial charge < -0.3 is 19.9 Å². The highest BCUT2D eigenvalue weighted by Gasteiger charge is 2.20. The summed E-state index contributed by atoms with van der Waals surface area (Å²) >= 11 is 0. The van der Waals surface area contributed by atoms with Gasteiger partial charge >= 0.3 is 5.97 Å². The van der Waals surface area contributed by atoms with E-state index in [1.165, 1.54) is 26.2 Å². The highest BCUT2D eigenvalue weighted by atomic mass is 16.6. The van der Waals surface area contributed by atoms with Crippen LogP contribution in [0.5, 0.6) is 11.5 Å². The number of ether oxygens (including phenoxy) is 2. The third-order valence-corrected chi connectivity index (χ3v) is 2.44. The zero-order valence-electron chi connectivity index (χ0n) is 11.4. The molecule has 2 N–H and O–H groups in total. The van der Waals surface area contributed by atoms with E-state index in [2.05, 4.69) is 5.32 Å². The molecule has 0 aliphatic carbocycles. The van der Waals surface area contributed by atoms with Crippen molar-refractivity contribution in [1.82, 2.24) is 5.32 Å². The van der Waals surface area contributed by atoms with Crippen LogP contribution in [0.25, 0.3) is 0 Å². The molecule has 9 heteroatoms. The number of methoxy groups -OCH3 is 1. The molecule has 21 heavy (non-hydrogen) atoms. The Bertz CT molecular complexity index is 559. The van der Waals surface area contributed by atoms with Gasteiger partial charge in [-0.15, -0.1) is 0 Å². The maximum absolute atomic E-state index is 10.9. The van der Waals surface area contributed by atoms with Gasteiger partial charge in [-0.25, -0.2) is 4.79 Å².